The topological polar surface area (TPSA) is 74.0 Å². The highest BCUT2D eigenvalue weighted by molar-refractivity contribution is 5.95. The second-order valence-corrected chi connectivity index (χ2v) is 7.88. The van der Waals surface area contributed by atoms with E-state index < -0.39 is 0 Å². The lowest BCUT2D eigenvalue weighted by Crippen LogP contribution is -2.37. The van der Waals surface area contributed by atoms with E-state index in [4.69, 9.17) is 18.7 Å². The highest BCUT2D eigenvalue weighted by Gasteiger charge is 2.28. The first-order valence-electron chi connectivity index (χ1n) is 10.5. The van der Waals surface area contributed by atoms with Crippen LogP contribution in [0.15, 0.2) is 53.1 Å². The Morgan fingerprint density at radius 3 is 2.61 bits per heavy atom. The number of benzene rings is 2. The van der Waals surface area contributed by atoms with Crippen molar-refractivity contribution < 1.29 is 23.5 Å². The Bertz CT molecular complexity index is 1070. The first-order chi connectivity index (χ1) is 15.2. The molecule has 160 valence electrons. The third kappa shape index (κ3) is 4.08. The Kier molecular flexibility index (Phi) is 5.24. The molecule has 7 heteroatoms. The average molecular weight is 420 g/mol. The molecular weight excluding hydrogens is 396 g/mol. The number of likely N-dealkylation sites (tertiary alicyclic amines) is 1. The van der Waals surface area contributed by atoms with Gasteiger partial charge in [0.15, 0.2) is 11.5 Å². The summed E-state index contributed by atoms with van der Waals surface area (Å²) in [6.45, 7) is 1.58. The number of ether oxygens (including phenoxy) is 3. The molecule has 2 aliphatic rings. The Labute approximate surface area is 180 Å². The van der Waals surface area contributed by atoms with E-state index in [2.05, 4.69) is 5.16 Å². The molecule has 1 amide bonds. The second-order valence-electron chi connectivity index (χ2n) is 7.88. The standard InChI is InChI=1S/C24H24N2O5/c1-28-20-5-2-16(3-6-20)12-19-14-22(31-25-19)17-8-10-26(11-9-17)24(27)18-4-7-21-23(13-18)30-15-29-21/h2-7,13-14,17H,8-12,15H2,1H3. The highest BCUT2D eigenvalue weighted by Crippen LogP contribution is 2.34. The van der Waals surface area contributed by atoms with Gasteiger partial charge in [0, 0.05) is 37.1 Å². The van der Waals surface area contributed by atoms with E-state index in [9.17, 15) is 4.79 Å². The van der Waals surface area contributed by atoms with Crippen LogP contribution in [0.2, 0.25) is 0 Å². The molecule has 1 aromatic heterocycles. The largest absolute Gasteiger partial charge is 0.497 e. The number of piperidine rings is 1. The van der Waals surface area contributed by atoms with Crippen LogP contribution in [0.1, 0.15) is 46.1 Å². The van der Waals surface area contributed by atoms with E-state index in [0.29, 0.717) is 30.2 Å². The van der Waals surface area contributed by atoms with Crippen molar-refractivity contribution in [2.45, 2.75) is 25.2 Å². The maximum atomic E-state index is 12.9. The molecule has 7 nitrogen and oxygen atoms in total. The summed E-state index contributed by atoms with van der Waals surface area (Å²) in [5, 5.41) is 4.25. The number of methoxy groups -OCH3 is 1. The zero-order valence-corrected chi connectivity index (χ0v) is 17.4. The molecule has 0 bridgehead atoms. The summed E-state index contributed by atoms with van der Waals surface area (Å²) in [5.41, 5.74) is 2.70. The van der Waals surface area contributed by atoms with Gasteiger partial charge in [-0.25, -0.2) is 0 Å². The Hall–Kier alpha value is -3.48. The van der Waals surface area contributed by atoms with Crippen LogP contribution < -0.4 is 14.2 Å². The molecule has 3 aromatic rings. The van der Waals surface area contributed by atoms with Crippen molar-refractivity contribution in [3.05, 3.63) is 71.1 Å². The van der Waals surface area contributed by atoms with Crippen LogP contribution in [0.5, 0.6) is 17.2 Å². The summed E-state index contributed by atoms with van der Waals surface area (Å²) in [4.78, 5) is 14.8. The quantitative estimate of drug-likeness (QED) is 0.621. The summed E-state index contributed by atoms with van der Waals surface area (Å²) in [5.74, 6) is 3.36. The smallest absolute Gasteiger partial charge is 0.253 e. The molecule has 0 N–H and O–H groups in total. The molecule has 1 saturated heterocycles. The fraction of sp³-hybridized carbons (Fsp3) is 0.333. The maximum Gasteiger partial charge on any atom is 0.253 e. The molecule has 2 aliphatic heterocycles. The zero-order chi connectivity index (χ0) is 21.2. The van der Waals surface area contributed by atoms with Crippen molar-refractivity contribution in [3.8, 4) is 17.2 Å². The summed E-state index contributed by atoms with van der Waals surface area (Å²) in [6.07, 6.45) is 2.43. The van der Waals surface area contributed by atoms with Crippen LogP contribution in [-0.4, -0.2) is 43.0 Å². The monoisotopic (exact) mass is 420 g/mol. The summed E-state index contributed by atoms with van der Waals surface area (Å²) in [7, 11) is 1.66. The van der Waals surface area contributed by atoms with Gasteiger partial charge in [-0.05, 0) is 48.7 Å². The van der Waals surface area contributed by atoms with Crippen LogP contribution in [0.4, 0.5) is 0 Å². The van der Waals surface area contributed by atoms with Crippen molar-refractivity contribution in [1.82, 2.24) is 10.1 Å². The molecule has 0 unspecified atom stereocenters. The number of carbonyl (C=O) groups is 1. The average Bonchev–Trinajstić information content (AvgIpc) is 3.48. The minimum absolute atomic E-state index is 0.0227. The number of carbonyl (C=O) groups excluding carboxylic acids is 1. The molecule has 0 aliphatic carbocycles. The summed E-state index contributed by atoms with van der Waals surface area (Å²) in [6, 6.07) is 15.4. The van der Waals surface area contributed by atoms with Crippen LogP contribution in [-0.2, 0) is 6.42 Å². The second kappa shape index (κ2) is 8.34. The molecule has 0 spiro atoms. The fourth-order valence-corrected chi connectivity index (χ4v) is 4.14. The lowest BCUT2D eigenvalue weighted by molar-refractivity contribution is 0.0705. The van der Waals surface area contributed by atoms with Gasteiger partial charge < -0.3 is 23.6 Å². The van der Waals surface area contributed by atoms with Gasteiger partial charge in [0.05, 0.1) is 12.8 Å². The van der Waals surface area contributed by atoms with Crippen LogP contribution in [0.3, 0.4) is 0 Å². The van der Waals surface area contributed by atoms with Gasteiger partial charge in [0.1, 0.15) is 11.5 Å². The van der Waals surface area contributed by atoms with Gasteiger partial charge in [-0.3, -0.25) is 4.79 Å². The zero-order valence-electron chi connectivity index (χ0n) is 17.4. The maximum absolute atomic E-state index is 12.9. The SMILES string of the molecule is COc1ccc(Cc2cc(C3CCN(C(=O)c4ccc5c(c4)OCO5)CC3)on2)cc1. The number of fused-ring (bicyclic) bond motifs is 1. The van der Waals surface area contributed by atoms with Gasteiger partial charge in [0.2, 0.25) is 6.79 Å². The van der Waals surface area contributed by atoms with E-state index in [0.717, 1.165) is 42.0 Å². The van der Waals surface area contributed by atoms with Crippen molar-refractivity contribution in [2.24, 2.45) is 0 Å². The number of amides is 1. The number of hydrogen-bond donors (Lipinski definition) is 0. The van der Waals surface area contributed by atoms with Gasteiger partial charge in [-0.1, -0.05) is 17.3 Å². The molecule has 0 radical (unpaired) electrons. The van der Waals surface area contributed by atoms with E-state index in [1.165, 1.54) is 0 Å². The van der Waals surface area contributed by atoms with Gasteiger partial charge in [-0.15, -0.1) is 0 Å². The van der Waals surface area contributed by atoms with Crippen LogP contribution >= 0.6 is 0 Å². The number of hydrogen-bond acceptors (Lipinski definition) is 6. The summed E-state index contributed by atoms with van der Waals surface area (Å²) >= 11 is 0. The Morgan fingerprint density at radius 1 is 1.06 bits per heavy atom. The van der Waals surface area contributed by atoms with Crippen molar-refractivity contribution in [2.75, 3.05) is 27.0 Å². The molecule has 5 rings (SSSR count). The van der Waals surface area contributed by atoms with E-state index in [-0.39, 0.29) is 18.6 Å². The molecule has 1 fully saturated rings. The number of aromatic nitrogens is 1. The Balaban J connectivity index is 1.18. The van der Waals surface area contributed by atoms with E-state index >= 15 is 0 Å². The Morgan fingerprint density at radius 2 is 1.84 bits per heavy atom. The third-order valence-electron chi connectivity index (χ3n) is 5.93. The minimum atomic E-state index is 0.0227. The molecular formula is C24H24N2O5. The normalized spacial score (nSPS) is 15.8. The predicted octanol–water partition coefficient (Wildman–Crippen LogP) is 4.02. The molecule has 0 atom stereocenters. The first-order valence-corrected chi connectivity index (χ1v) is 10.5. The third-order valence-corrected chi connectivity index (χ3v) is 5.93. The van der Waals surface area contributed by atoms with Gasteiger partial charge >= 0.3 is 0 Å². The molecule has 3 heterocycles. The van der Waals surface area contributed by atoms with Gasteiger partial charge in [-0.2, -0.15) is 0 Å². The van der Waals surface area contributed by atoms with E-state index in [1.807, 2.05) is 35.2 Å². The highest BCUT2D eigenvalue weighted by atomic mass is 16.7. The lowest BCUT2D eigenvalue weighted by Gasteiger charge is -2.31. The molecule has 0 saturated carbocycles. The van der Waals surface area contributed by atoms with Crippen LogP contribution in [0, 0.1) is 0 Å². The fourth-order valence-electron chi connectivity index (χ4n) is 4.14. The van der Waals surface area contributed by atoms with Crippen molar-refractivity contribution in [3.63, 3.8) is 0 Å². The number of rotatable bonds is 5. The van der Waals surface area contributed by atoms with Crippen LogP contribution in [0.25, 0.3) is 0 Å². The van der Waals surface area contributed by atoms with Crippen molar-refractivity contribution in [1.29, 1.82) is 0 Å². The van der Waals surface area contributed by atoms with E-state index in [1.54, 1.807) is 25.3 Å². The molecule has 2 aromatic carbocycles. The van der Waals surface area contributed by atoms with Gasteiger partial charge in [0.25, 0.3) is 5.91 Å². The summed E-state index contributed by atoms with van der Waals surface area (Å²) < 4.78 is 21.6. The number of nitrogens with zero attached hydrogens (tertiary/aromatic N) is 2. The minimum Gasteiger partial charge on any atom is -0.497 e. The lowest BCUT2D eigenvalue weighted by atomic mass is 9.93. The molecule has 31 heavy (non-hydrogen) atoms. The first kappa shape index (κ1) is 19.5. The van der Waals surface area contributed by atoms with Crippen molar-refractivity contribution >= 4 is 5.91 Å². The predicted molar refractivity (Wildman–Crippen MR) is 113 cm³/mol.